The zero-order valence-electron chi connectivity index (χ0n) is 10.9. The first-order valence-electron chi connectivity index (χ1n) is 5.60. The van der Waals surface area contributed by atoms with Crippen LogP contribution in [0.3, 0.4) is 0 Å². The zero-order valence-corrected chi connectivity index (χ0v) is 12.6. The molecule has 0 amide bonds. The van der Waals surface area contributed by atoms with E-state index in [2.05, 4.69) is 9.46 Å². The quantitative estimate of drug-likeness (QED) is 0.543. The molecule has 0 atom stereocenters. The van der Waals surface area contributed by atoms with Crippen LogP contribution in [-0.2, 0) is 14.8 Å². The smallest absolute Gasteiger partial charge is 0.341 e. The van der Waals surface area contributed by atoms with Crippen molar-refractivity contribution in [1.82, 2.24) is 4.72 Å². The fraction of sp³-hybridized carbons (Fsp3) is 0.364. The van der Waals surface area contributed by atoms with Gasteiger partial charge in [0.25, 0.3) is 0 Å². The summed E-state index contributed by atoms with van der Waals surface area (Å²) in [7, 11) is -3.30. The number of benzene rings is 1. The van der Waals surface area contributed by atoms with Gasteiger partial charge in [0.2, 0.25) is 10.0 Å². The lowest BCUT2D eigenvalue weighted by Crippen LogP contribution is -2.24. The fourth-order valence-corrected chi connectivity index (χ4v) is 2.70. The highest BCUT2D eigenvalue weighted by Crippen LogP contribution is 2.28. The molecular weight excluding hydrogens is 328 g/mol. The molecule has 10 heteroatoms. The summed E-state index contributed by atoms with van der Waals surface area (Å²) in [6, 6.07) is 1.98. The summed E-state index contributed by atoms with van der Waals surface area (Å²) in [4.78, 5) is 10.5. The van der Waals surface area contributed by atoms with Crippen LogP contribution < -0.4 is 9.46 Å². The molecule has 0 radical (unpaired) electrons. The average Bonchev–Trinajstić information content (AvgIpc) is 2.32. The van der Waals surface area contributed by atoms with Crippen LogP contribution >= 0.6 is 11.8 Å². The van der Waals surface area contributed by atoms with E-state index in [0.717, 1.165) is 30.2 Å². The van der Waals surface area contributed by atoms with Gasteiger partial charge in [-0.25, -0.2) is 26.7 Å². The monoisotopic (exact) mass is 341 g/mol. The Morgan fingerprint density at radius 1 is 1.38 bits per heavy atom. The molecular formula is C11H13F2NO5S2. The van der Waals surface area contributed by atoms with Crippen LogP contribution in [0.15, 0.2) is 17.0 Å². The maximum absolute atomic E-state index is 13.6. The van der Waals surface area contributed by atoms with E-state index in [1.165, 1.54) is 0 Å². The minimum atomic E-state index is -3.30. The number of hydrogen-bond acceptors (Lipinski definition) is 5. The van der Waals surface area contributed by atoms with Crippen molar-refractivity contribution in [1.29, 1.82) is 0 Å². The van der Waals surface area contributed by atoms with Crippen molar-refractivity contribution >= 4 is 27.8 Å². The van der Waals surface area contributed by atoms with E-state index in [9.17, 15) is 22.0 Å². The SMILES string of the molecule is CS(=O)(=O)NCCSc1cc(F)c(OCC(=O)O)c(F)c1. The summed E-state index contributed by atoms with van der Waals surface area (Å²) in [5.41, 5.74) is 0. The van der Waals surface area contributed by atoms with Crippen molar-refractivity contribution in [2.24, 2.45) is 0 Å². The molecule has 0 fully saturated rings. The van der Waals surface area contributed by atoms with Crippen LogP contribution in [-0.4, -0.2) is 44.7 Å². The molecule has 0 saturated carbocycles. The minimum absolute atomic E-state index is 0.115. The molecule has 118 valence electrons. The first-order chi connectivity index (χ1) is 9.69. The maximum Gasteiger partial charge on any atom is 0.341 e. The Kier molecular flexibility index (Phi) is 6.37. The largest absolute Gasteiger partial charge is 0.479 e. The van der Waals surface area contributed by atoms with Gasteiger partial charge in [0.15, 0.2) is 24.0 Å². The second-order valence-corrected chi connectivity index (χ2v) is 6.91. The van der Waals surface area contributed by atoms with Crippen molar-refractivity contribution in [2.75, 3.05) is 25.2 Å². The van der Waals surface area contributed by atoms with E-state index in [0.29, 0.717) is 0 Å². The molecule has 0 heterocycles. The summed E-state index contributed by atoms with van der Waals surface area (Å²) >= 11 is 1.04. The van der Waals surface area contributed by atoms with Crippen molar-refractivity contribution in [3.8, 4) is 5.75 Å². The third-order valence-electron chi connectivity index (χ3n) is 2.05. The number of carboxylic acids is 1. The number of aliphatic carboxylic acids is 1. The number of carboxylic acid groups (broad SMARTS) is 1. The Bertz CT molecular complexity index is 598. The summed E-state index contributed by atoms with van der Waals surface area (Å²) < 4.78 is 55.5. The maximum atomic E-state index is 13.6. The number of ether oxygens (including phenoxy) is 1. The Morgan fingerprint density at radius 2 is 1.95 bits per heavy atom. The van der Waals surface area contributed by atoms with Crippen LogP contribution in [0.5, 0.6) is 5.75 Å². The van der Waals surface area contributed by atoms with Crippen molar-refractivity contribution < 1.29 is 31.8 Å². The molecule has 0 aliphatic rings. The minimum Gasteiger partial charge on any atom is -0.479 e. The number of carbonyl (C=O) groups is 1. The normalized spacial score (nSPS) is 11.4. The number of halogens is 2. The topological polar surface area (TPSA) is 92.7 Å². The molecule has 0 unspecified atom stereocenters. The molecule has 0 aliphatic carbocycles. The van der Waals surface area contributed by atoms with Gasteiger partial charge in [0.1, 0.15) is 0 Å². The molecule has 0 saturated heterocycles. The van der Waals surface area contributed by atoms with Crippen LogP contribution in [0.2, 0.25) is 0 Å². The summed E-state index contributed by atoms with van der Waals surface area (Å²) in [5.74, 6) is -3.86. The second-order valence-electron chi connectivity index (χ2n) is 3.91. The van der Waals surface area contributed by atoms with Gasteiger partial charge in [-0.3, -0.25) is 0 Å². The van der Waals surface area contributed by atoms with E-state index in [-0.39, 0.29) is 17.2 Å². The van der Waals surface area contributed by atoms with Gasteiger partial charge in [0, 0.05) is 17.2 Å². The number of hydrogen-bond donors (Lipinski definition) is 2. The molecule has 1 rings (SSSR count). The Balaban J connectivity index is 2.63. The van der Waals surface area contributed by atoms with Crippen LogP contribution in [0, 0.1) is 11.6 Å². The number of thioether (sulfide) groups is 1. The molecule has 0 aromatic heterocycles. The predicted molar refractivity (Wildman–Crippen MR) is 73.1 cm³/mol. The Labute approximate surface area is 124 Å². The molecule has 0 spiro atoms. The molecule has 6 nitrogen and oxygen atoms in total. The van der Waals surface area contributed by atoms with Gasteiger partial charge in [-0.2, -0.15) is 0 Å². The number of rotatable bonds is 8. The lowest BCUT2D eigenvalue weighted by molar-refractivity contribution is -0.139. The van der Waals surface area contributed by atoms with Gasteiger partial charge >= 0.3 is 5.97 Å². The number of sulfonamides is 1. The molecule has 21 heavy (non-hydrogen) atoms. The van der Waals surface area contributed by atoms with E-state index in [4.69, 9.17) is 5.11 Å². The fourth-order valence-electron chi connectivity index (χ4n) is 1.29. The molecule has 2 N–H and O–H groups in total. The number of nitrogens with one attached hydrogen (secondary N) is 1. The van der Waals surface area contributed by atoms with Crippen LogP contribution in [0.1, 0.15) is 0 Å². The van der Waals surface area contributed by atoms with Gasteiger partial charge in [-0.05, 0) is 12.1 Å². The second kappa shape index (κ2) is 7.57. The van der Waals surface area contributed by atoms with Gasteiger partial charge in [0.05, 0.1) is 6.26 Å². The van der Waals surface area contributed by atoms with Crippen molar-refractivity contribution in [3.05, 3.63) is 23.8 Å². The highest BCUT2D eigenvalue weighted by atomic mass is 32.2. The lowest BCUT2D eigenvalue weighted by Gasteiger charge is -2.08. The zero-order chi connectivity index (χ0) is 16.0. The first-order valence-corrected chi connectivity index (χ1v) is 8.48. The average molecular weight is 341 g/mol. The van der Waals surface area contributed by atoms with Crippen LogP contribution in [0.25, 0.3) is 0 Å². The molecule has 1 aromatic rings. The highest BCUT2D eigenvalue weighted by molar-refractivity contribution is 7.99. The third-order valence-corrected chi connectivity index (χ3v) is 3.75. The van der Waals surface area contributed by atoms with Gasteiger partial charge in [-0.15, -0.1) is 11.8 Å². The summed E-state index contributed by atoms with van der Waals surface area (Å²) in [6.45, 7) is -0.734. The Hall–Kier alpha value is -1.39. The van der Waals surface area contributed by atoms with Crippen molar-refractivity contribution in [2.45, 2.75) is 4.90 Å². The van der Waals surface area contributed by atoms with Crippen LogP contribution in [0.4, 0.5) is 8.78 Å². The first kappa shape index (κ1) is 17.7. The molecule has 1 aromatic carbocycles. The summed E-state index contributed by atoms with van der Waals surface area (Å²) in [6.07, 6.45) is 1.01. The van der Waals surface area contributed by atoms with E-state index in [1.54, 1.807) is 0 Å². The predicted octanol–water partition coefficient (Wildman–Crippen LogP) is 1.07. The Morgan fingerprint density at radius 3 is 2.43 bits per heavy atom. The third kappa shape index (κ3) is 6.74. The highest BCUT2D eigenvalue weighted by Gasteiger charge is 2.14. The van der Waals surface area contributed by atoms with Gasteiger partial charge in [-0.1, -0.05) is 0 Å². The standard InChI is InChI=1S/C11H13F2NO5S2/c1-21(17,18)14-2-3-20-7-4-8(12)11(9(13)5-7)19-6-10(15)16/h4-5,14H,2-3,6H2,1H3,(H,15,16). The van der Waals surface area contributed by atoms with E-state index < -0.39 is 40.0 Å². The van der Waals surface area contributed by atoms with Gasteiger partial charge < -0.3 is 9.84 Å². The van der Waals surface area contributed by atoms with Crippen molar-refractivity contribution in [3.63, 3.8) is 0 Å². The van der Waals surface area contributed by atoms with E-state index >= 15 is 0 Å². The molecule has 0 aliphatic heterocycles. The molecule has 0 bridgehead atoms. The lowest BCUT2D eigenvalue weighted by atomic mass is 10.3. The van der Waals surface area contributed by atoms with E-state index in [1.807, 2.05) is 0 Å². The summed E-state index contributed by atoms with van der Waals surface area (Å²) in [5, 5.41) is 8.39.